The third kappa shape index (κ3) is 3.50. The zero-order chi connectivity index (χ0) is 10.6. The Morgan fingerprint density at radius 1 is 1.43 bits per heavy atom. The maximum absolute atomic E-state index is 11.2. The van der Waals surface area contributed by atoms with Crippen LogP contribution in [0.3, 0.4) is 0 Å². The molecule has 0 heterocycles. The number of carbonyl (C=O) groups is 1. The minimum absolute atomic E-state index is 0.0591. The summed E-state index contributed by atoms with van der Waals surface area (Å²) in [7, 11) is 0. The minimum Gasteiger partial charge on any atom is -0.393 e. The zero-order valence-electron chi connectivity index (χ0n) is 8.75. The van der Waals surface area contributed by atoms with Gasteiger partial charge in [0.15, 0.2) is 0 Å². The molecule has 80 valence electrons. The molecule has 0 spiro atoms. The van der Waals surface area contributed by atoms with E-state index in [-0.39, 0.29) is 12.0 Å². The Morgan fingerprint density at radius 2 is 2.00 bits per heavy atom. The fraction of sp³-hybridized carbons (Fsp3) is 0.727. The SMILES string of the molecule is C=C(C)C(=O)NC[C@H]1CC[C@H](O)CC1. The normalized spacial score (nSPS) is 27.0. The summed E-state index contributed by atoms with van der Waals surface area (Å²) in [6, 6.07) is 0. The van der Waals surface area contributed by atoms with Gasteiger partial charge >= 0.3 is 0 Å². The molecule has 2 N–H and O–H groups in total. The van der Waals surface area contributed by atoms with Crippen LogP contribution in [0.5, 0.6) is 0 Å². The van der Waals surface area contributed by atoms with E-state index in [2.05, 4.69) is 11.9 Å². The summed E-state index contributed by atoms with van der Waals surface area (Å²) in [4.78, 5) is 11.2. The maximum atomic E-state index is 11.2. The highest BCUT2D eigenvalue weighted by Gasteiger charge is 2.19. The first-order valence-corrected chi connectivity index (χ1v) is 5.21. The summed E-state index contributed by atoms with van der Waals surface area (Å²) in [5, 5.41) is 12.1. The van der Waals surface area contributed by atoms with Crippen molar-refractivity contribution >= 4 is 5.91 Å². The van der Waals surface area contributed by atoms with E-state index in [4.69, 9.17) is 0 Å². The van der Waals surface area contributed by atoms with Crippen molar-refractivity contribution in [2.24, 2.45) is 5.92 Å². The molecule has 0 saturated heterocycles. The average Bonchev–Trinajstić information content (AvgIpc) is 2.16. The molecule has 0 aromatic rings. The molecule has 0 aliphatic heterocycles. The smallest absolute Gasteiger partial charge is 0.246 e. The zero-order valence-corrected chi connectivity index (χ0v) is 8.75. The molecule has 1 fully saturated rings. The van der Waals surface area contributed by atoms with Crippen LogP contribution in [0.1, 0.15) is 32.6 Å². The van der Waals surface area contributed by atoms with E-state index < -0.39 is 0 Å². The fourth-order valence-corrected chi connectivity index (χ4v) is 1.74. The topological polar surface area (TPSA) is 49.3 Å². The molecular formula is C11H19NO2. The highest BCUT2D eigenvalue weighted by atomic mass is 16.3. The second-order valence-electron chi connectivity index (χ2n) is 4.16. The van der Waals surface area contributed by atoms with Crippen molar-refractivity contribution in [1.29, 1.82) is 0 Å². The van der Waals surface area contributed by atoms with Gasteiger partial charge in [-0.2, -0.15) is 0 Å². The van der Waals surface area contributed by atoms with Crippen molar-refractivity contribution in [3.05, 3.63) is 12.2 Å². The minimum atomic E-state index is -0.122. The number of rotatable bonds is 3. The van der Waals surface area contributed by atoms with Gasteiger partial charge in [-0.25, -0.2) is 0 Å². The molecule has 0 atom stereocenters. The summed E-state index contributed by atoms with van der Waals surface area (Å²) in [6.45, 7) is 6.01. The predicted octanol–water partition coefficient (Wildman–Crippen LogP) is 1.23. The number of carbonyl (C=O) groups excluding carboxylic acids is 1. The molecule has 14 heavy (non-hydrogen) atoms. The summed E-state index contributed by atoms with van der Waals surface area (Å²) in [6.07, 6.45) is 3.64. The van der Waals surface area contributed by atoms with Crippen LogP contribution in [-0.4, -0.2) is 23.7 Å². The predicted molar refractivity (Wildman–Crippen MR) is 55.8 cm³/mol. The van der Waals surface area contributed by atoms with Crippen molar-refractivity contribution in [2.75, 3.05) is 6.54 Å². The van der Waals surface area contributed by atoms with E-state index in [1.807, 2.05) is 0 Å². The molecule has 1 aliphatic carbocycles. The highest BCUT2D eigenvalue weighted by Crippen LogP contribution is 2.23. The van der Waals surface area contributed by atoms with E-state index in [1.165, 1.54) is 0 Å². The van der Waals surface area contributed by atoms with E-state index in [9.17, 15) is 9.90 Å². The molecule has 1 aliphatic rings. The van der Waals surface area contributed by atoms with Crippen molar-refractivity contribution < 1.29 is 9.90 Å². The van der Waals surface area contributed by atoms with Gasteiger partial charge in [-0.3, -0.25) is 4.79 Å². The van der Waals surface area contributed by atoms with Gasteiger partial charge in [0.2, 0.25) is 5.91 Å². The number of amides is 1. The van der Waals surface area contributed by atoms with Crippen LogP contribution in [0, 0.1) is 5.92 Å². The van der Waals surface area contributed by atoms with Gasteiger partial charge in [0.1, 0.15) is 0 Å². The molecule has 1 amide bonds. The first-order chi connectivity index (χ1) is 6.59. The molecule has 0 unspecified atom stereocenters. The molecule has 3 heteroatoms. The monoisotopic (exact) mass is 197 g/mol. The second-order valence-corrected chi connectivity index (χ2v) is 4.16. The van der Waals surface area contributed by atoms with Gasteiger partial charge in [-0.05, 0) is 38.5 Å². The number of hydrogen-bond acceptors (Lipinski definition) is 2. The van der Waals surface area contributed by atoms with Crippen molar-refractivity contribution in [3.8, 4) is 0 Å². The van der Waals surface area contributed by atoms with Crippen LogP contribution in [0.2, 0.25) is 0 Å². The van der Waals surface area contributed by atoms with Crippen molar-refractivity contribution in [3.63, 3.8) is 0 Å². The van der Waals surface area contributed by atoms with E-state index >= 15 is 0 Å². The molecule has 0 bridgehead atoms. The molecular weight excluding hydrogens is 178 g/mol. The molecule has 1 saturated carbocycles. The Bertz CT molecular complexity index is 217. The van der Waals surface area contributed by atoms with E-state index in [0.717, 1.165) is 32.2 Å². The number of hydrogen-bond donors (Lipinski definition) is 2. The lowest BCUT2D eigenvalue weighted by Crippen LogP contribution is -2.32. The second kappa shape index (κ2) is 5.15. The fourth-order valence-electron chi connectivity index (χ4n) is 1.74. The number of aliphatic hydroxyl groups is 1. The number of nitrogens with one attached hydrogen (secondary N) is 1. The van der Waals surface area contributed by atoms with E-state index in [0.29, 0.717) is 11.5 Å². The largest absolute Gasteiger partial charge is 0.393 e. The Kier molecular flexibility index (Phi) is 4.14. The highest BCUT2D eigenvalue weighted by molar-refractivity contribution is 5.92. The molecule has 3 nitrogen and oxygen atoms in total. The Hall–Kier alpha value is -0.830. The van der Waals surface area contributed by atoms with Crippen molar-refractivity contribution in [1.82, 2.24) is 5.32 Å². The summed E-state index contributed by atoms with van der Waals surface area (Å²) < 4.78 is 0. The third-order valence-corrected chi connectivity index (χ3v) is 2.76. The van der Waals surface area contributed by atoms with Gasteiger partial charge in [0.05, 0.1) is 6.10 Å². The van der Waals surface area contributed by atoms with Crippen molar-refractivity contribution in [2.45, 2.75) is 38.7 Å². The quantitative estimate of drug-likeness (QED) is 0.668. The van der Waals surface area contributed by atoms with Crippen LogP contribution >= 0.6 is 0 Å². The Balaban J connectivity index is 2.19. The van der Waals surface area contributed by atoms with Crippen LogP contribution in [-0.2, 0) is 4.79 Å². The van der Waals surface area contributed by atoms with Crippen LogP contribution in [0.4, 0.5) is 0 Å². The number of aliphatic hydroxyl groups excluding tert-OH is 1. The maximum Gasteiger partial charge on any atom is 0.246 e. The molecule has 0 radical (unpaired) electrons. The van der Waals surface area contributed by atoms with Gasteiger partial charge in [0, 0.05) is 12.1 Å². The van der Waals surface area contributed by atoms with Gasteiger partial charge in [0.25, 0.3) is 0 Å². The first-order valence-electron chi connectivity index (χ1n) is 5.21. The molecule has 1 rings (SSSR count). The Labute approximate surface area is 85.2 Å². The summed E-state index contributed by atoms with van der Waals surface area (Å²) >= 11 is 0. The van der Waals surface area contributed by atoms with Gasteiger partial charge in [-0.15, -0.1) is 0 Å². The van der Waals surface area contributed by atoms with E-state index in [1.54, 1.807) is 6.92 Å². The van der Waals surface area contributed by atoms with Gasteiger partial charge < -0.3 is 10.4 Å². The third-order valence-electron chi connectivity index (χ3n) is 2.76. The lowest BCUT2D eigenvalue weighted by molar-refractivity contribution is -0.117. The van der Waals surface area contributed by atoms with Crippen LogP contribution in [0.15, 0.2) is 12.2 Å². The standard InChI is InChI=1S/C11H19NO2/c1-8(2)11(14)12-7-9-3-5-10(13)6-4-9/h9-10,13H,1,3-7H2,2H3,(H,12,14)/t9-,10-. The average molecular weight is 197 g/mol. The molecule has 0 aromatic carbocycles. The molecule has 0 aromatic heterocycles. The lowest BCUT2D eigenvalue weighted by Gasteiger charge is -2.25. The van der Waals surface area contributed by atoms with Crippen LogP contribution in [0.25, 0.3) is 0 Å². The van der Waals surface area contributed by atoms with Gasteiger partial charge in [-0.1, -0.05) is 6.58 Å². The van der Waals surface area contributed by atoms with Crippen LogP contribution < -0.4 is 5.32 Å². The lowest BCUT2D eigenvalue weighted by atomic mass is 9.87. The summed E-state index contributed by atoms with van der Waals surface area (Å²) in [5.74, 6) is 0.470. The summed E-state index contributed by atoms with van der Waals surface area (Å²) in [5.41, 5.74) is 0.556. The first kappa shape index (κ1) is 11.2. The Morgan fingerprint density at radius 3 is 2.50 bits per heavy atom.